The number of amides is 1. The van der Waals surface area contributed by atoms with Crippen molar-refractivity contribution >= 4 is 11.7 Å². The average Bonchev–Trinajstić information content (AvgIpc) is 2.34. The van der Waals surface area contributed by atoms with Crippen molar-refractivity contribution in [2.75, 3.05) is 13.6 Å². The van der Waals surface area contributed by atoms with Gasteiger partial charge >= 0.3 is 0 Å². The zero-order chi connectivity index (χ0) is 13.5. The largest absolute Gasteiger partial charge is 0.345 e. The van der Waals surface area contributed by atoms with E-state index in [1.807, 2.05) is 0 Å². The van der Waals surface area contributed by atoms with Gasteiger partial charge in [-0.15, -0.1) is 0 Å². The van der Waals surface area contributed by atoms with Crippen molar-refractivity contribution in [3.8, 4) is 0 Å². The van der Waals surface area contributed by atoms with Crippen molar-refractivity contribution in [3.63, 3.8) is 0 Å². The first-order valence-electron chi connectivity index (χ1n) is 5.97. The molecule has 1 aromatic rings. The van der Waals surface area contributed by atoms with Gasteiger partial charge in [0.05, 0.1) is 0 Å². The second kappa shape index (κ2) is 6.89. The third kappa shape index (κ3) is 4.65. The van der Waals surface area contributed by atoms with Crippen LogP contribution in [-0.2, 0) is 16.0 Å². The zero-order valence-electron chi connectivity index (χ0n) is 10.8. The molecule has 0 aliphatic heterocycles. The van der Waals surface area contributed by atoms with Crippen LogP contribution in [-0.4, -0.2) is 30.2 Å². The maximum absolute atomic E-state index is 13.3. The highest BCUT2D eigenvalue weighted by molar-refractivity contribution is 5.83. The van der Waals surface area contributed by atoms with Crippen LogP contribution in [0.5, 0.6) is 0 Å². The van der Waals surface area contributed by atoms with Crippen LogP contribution in [0, 0.1) is 5.82 Å². The van der Waals surface area contributed by atoms with E-state index in [1.54, 1.807) is 25.2 Å². The molecule has 98 valence electrons. The number of Topliss-reactive ketones (excluding diaryl/α,β-unsaturated/α-hetero) is 1. The SMILES string of the molecule is CC(=O)CCC(=O)N(C)CCc1ccccc1F. The van der Waals surface area contributed by atoms with Crippen molar-refractivity contribution in [2.24, 2.45) is 0 Å². The maximum atomic E-state index is 13.3. The molecule has 1 rings (SSSR count). The van der Waals surface area contributed by atoms with Gasteiger partial charge in [-0.3, -0.25) is 4.79 Å². The number of halogens is 1. The molecule has 18 heavy (non-hydrogen) atoms. The molecule has 3 nitrogen and oxygen atoms in total. The van der Waals surface area contributed by atoms with Crippen molar-refractivity contribution < 1.29 is 14.0 Å². The van der Waals surface area contributed by atoms with Gasteiger partial charge in [0.15, 0.2) is 0 Å². The number of likely N-dealkylation sites (N-methyl/N-ethyl adjacent to an activating group) is 1. The summed E-state index contributed by atoms with van der Waals surface area (Å²) >= 11 is 0. The van der Waals surface area contributed by atoms with Gasteiger partial charge in [0.2, 0.25) is 5.91 Å². The van der Waals surface area contributed by atoms with Crippen molar-refractivity contribution in [3.05, 3.63) is 35.6 Å². The second-order valence-electron chi connectivity index (χ2n) is 4.36. The van der Waals surface area contributed by atoms with Crippen LogP contribution in [0.3, 0.4) is 0 Å². The Balaban J connectivity index is 2.41. The Morgan fingerprint density at radius 2 is 1.89 bits per heavy atom. The van der Waals surface area contributed by atoms with E-state index in [0.29, 0.717) is 18.5 Å². The fourth-order valence-electron chi connectivity index (χ4n) is 1.59. The summed E-state index contributed by atoms with van der Waals surface area (Å²) in [6.07, 6.45) is 0.973. The quantitative estimate of drug-likeness (QED) is 0.777. The molecule has 1 amide bonds. The molecule has 0 saturated carbocycles. The maximum Gasteiger partial charge on any atom is 0.222 e. The van der Waals surface area contributed by atoms with E-state index in [0.717, 1.165) is 0 Å². The van der Waals surface area contributed by atoms with Crippen LogP contribution in [0.1, 0.15) is 25.3 Å². The fraction of sp³-hybridized carbons (Fsp3) is 0.429. The Bertz CT molecular complexity index is 432. The summed E-state index contributed by atoms with van der Waals surface area (Å²) in [7, 11) is 1.67. The molecule has 4 heteroatoms. The normalized spacial score (nSPS) is 10.2. The van der Waals surface area contributed by atoms with Crippen molar-refractivity contribution in [1.82, 2.24) is 4.90 Å². The minimum Gasteiger partial charge on any atom is -0.345 e. The molecular formula is C14H18FNO2. The van der Waals surface area contributed by atoms with Gasteiger partial charge in [-0.2, -0.15) is 0 Å². The predicted molar refractivity (Wildman–Crippen MR) is 67.7 cm³/mol. The predicted octanol–water partition coefficient (Wildman–Crippen LogP) is 2.20. The van der Waals surface area contributed by atoms with Gasteiger partial charge in [0.25, 0.3) is 0 Å². The zero-order valence-corrected chi connectivity index (χ0v) is 10.8. The molecule has 0 aliphatic carbocycles. The van der Waals surface area contributed by atoms with Crippen LogP contribution in [0.15, 0.2) is 24.3 Å². The van der Waals surface area contributed by atoms with Crippen molar-refractivity contribution in [2.45, 2.75) is 26.2 Å². The number of benzene rings is 1. The molecule has 0 unspecified atom stereocenters. The number of hydrogen-bond donors (Lipinski definition) is 0. The standard InChI is InChI=1S/C14H18FNO2/c1-11(17)7-8-14(18)16(2)10-9-12-5-3-4-6-13(12)15/h3-6H,7-10H2,1-2H3. The number of carbonyl (C=O) groups excluding carboxylic acids is 2. The van der Waals surface area contributed by atoms with Crippen LogP contribution < -0.4 is 0 Å². The molecule has 0 N–H and O–H groups in total. The van der Waals surface area contributed by atoms with E-state index in [9.17, 15) is 14.0 Å². The highest BCUT2D eigenvalue weighted by atomic mass is 19.1. The molecule has 1 aromatic carbocycles. The van der Waals surface area contributed by atoms with Gasteiger partial charge in [0.1, 0.15) is 11.6 Å². The first-order valence-corrected chi connectivity index (χ1v) is 5.97. The Labute approximate surface area is 107 Å². The van der Waals surface area contributed by atoms with E-state index < -0.39 is 0 Å². The van der Waals surface area contributed by atoms with Gasteiger partial charge in [-0.25, -0.2) is 4.39 Å². The second-order valence-corrected chi connectivity index (χ2v) is 4.36. The number of rotatable bonds is 6. The molecule has 0 aliphatic rings. The monoisotopic (exact) mass is 251 g/mol. The van der Waals surface area contributed by atoms with Crippen LogP contribution in [0.2, 0.25) is 0 Å². The fourth-order valence-corrected chi connectivity index (χ4v) is 1.59. The Kier molecular flexibility index (Phi) is 5.49. The lowest BCUT2D eigenvalue weighted by Gasteiger charge is -2.17. The third-order valence-electron chi connectivity index (χ3n) is 2.79. The topological polar surface area (TPSA) is 37.4 Å². The summed E-state index contributed by atoms with van der Waals surface area (Å²) in [6, 6.07) is 6.53. The van der Waals surface area contributed by atoms with E-state index in [-0.39, 0.29) is 30.3 Å². The molecule has 0 aromatic heterocycles. The highest BCUT2D eigenvalue weighted by Crippen LogP contribution is 2.08. The lowest BCUT2D eigenvalue weighted by Crippen LogP contribution is -2.29. The molecule has 0 bridgehead atoms. The summed E-state index contributed by atoms with van der Waals surface area (Å²) in [5, 5.41) is 0. The van der Waals surface area contributed by atoms with Gasteiger partial charge in [-0.1, -0.05) is 18.2 Å². The summed E-state index contributed by atoms with van der Waals surface area (Å²) < 4.78 is 13.3. The van der Waals surface area contributed by atoms with Crippen LogP contribution in [0.4, 0.5) is 4.39 Å². The lowest BCUT2D eigenvalue weighted by atomic mass is 10.1. The Hall–Kier alpha value is -1.71. The minimum absolute atomic E-state index is 0.00542. The van der Waals surface area contributed by atoms with E-state index in [1.165, 1.54) is 17.9 Å². The van der Waals surface area contributed by atoms with E-state index in [2.05, 4.69) is 0 Å². The Morgan fingerprint density at radius 3 is 2.50 bits per heavy atom. The van der Waals surface area contributed by atoms with Crippen LogP contribution >= 0.6 is 0 Å². The van der Waals surface area contributed by atoms with E-state index in [4.69, 9.17) is 0 Å². The first kappa shape index (κ1) is 14.4. The van der Waals surface area contributed by atoms with Crippen LogP contribution in [0.25, 0.3) is 0 Å². The van der Waals surface area contributed by atoms with Gasteiger partial charge < -0.3 is 9.69 Å². The molecule has 0 saturated heterocycles. The highest BCUT2D eigenvalue weighted by Gasteiger charge is 2.10. The Morgan fingerprint density at radius 1 is 1.22 bits per heavy atom. The summed E-state index contributed by atoms with van der Waals surface area (Å²) in [5.41, 5.74) is 0.601. The van der Waals surface area contributed by atoms with Crippen molar-refractivity contribution in [1.29, 1.82) is 0 Å². The molecular weight excluding hydrogens is 233 g/mol. The number of ketones is 1. The lowest BCUT2D eigenvalue weighted by molar-refractivity contribution is -0.131. The molecule has 0 heterocycles. The molecule has 0 spiro atoms. The third-order valence-corrected chi connectivity index (χ3v) is 2.79. The first-order chi connectivity index (χ1) is 8.50. The number of carbonyl (C=O) groups is 2. The summed E-state index contributed by atoms with van der Waals surface area (Å²) in [6.45, 7) is 1.92. The number of nitrogens with zero attached hydrogens (tertiary/aromatic N) is 1. The van der Waals surface area contributed by atoms with Gasteiger partial charge in [-0.05, 0) is 25.0 Å². The molecule has 0 fully saturated rings. The summed E-state index contributed by atoms with van der Waals surface area (Å²) in [4.78, 5) is 23.9. The molecule has 0 atom stereocenters. The van der Waals surface area contributed by atoms with Gasteiger partial charge in [0, 0.05) is 26.4 Å². The average molecular weight is 251 g/mol. The number of hydrogen-bond acceptors (Lipinski definition) is 2. The summed E-state index contributed by atoms with van der Waals surface area (Å²) in [5.74, 6) is -0.325. The minimum atomic E-state index is -0.248. The molecule has 0 radical (unpaired) electrons. The van der Waals surface area contributed by atoms with E-state index >= 15 is 0 Å². The smallest absolute Gasteiger partial charge is 0.222 e.